The van der Waals surface area contributed by atoms with Gasteiger partial charge in [-0.1, -0.05) is 27.5 Å². The van der Waals surface area contributed by atoms with E-state index in [9.17, 15) is 4.79 Å². The fourth-order valence-electron chi connectivity index (χ4n) is 0.763. The zero-order valence-electron chi connectivity index (χ0n) is 6.25. The minimum atomic E-state index is -0.485. The van der Waals surface area contributed by atoms with Gasteiger partial charge < -0.3 is 0 Å². The third-order valence-electron chi connectivity index (χ3n) is 1.31. The summed E-state index contributed by atoms with van der Waals surface area (Å²) in [7, 11) is 0. The molecule has 5 heteroatoms. The molecule has 0 aliphatic rings. The topological polar surface area (TPSA) is 29.4 Å². The van der Waals surface area contributed by atoms with Crippen molar-refractivity contribution in [3.05, 3.63) is 33.3 Å². The van der Waals surface area contributed by atoms with Crippen LogP contribution in [0.15, 0.2) is 27.7 Å². The van der Waals surface area contributed by atoms with Crippen molar-refractivity contribution >= 4 is 50.8 Å². The summed E-state index contributed by atoms with van der Waals surface area (Å²) in [6.45, 7) is 0. The van der Waals surface area contributed by atoms with Gasteiger partial charge in [-0.2, -0.15) is 4.99 Å². The Hall–Kier alpha value is -0.540. The summed E-state index contributed by atoms with van der Waals surface area (Å²) in [5.74, 6) is -0.485. The fourth-order valence-corrected chi connectivity index (χ4v) is 1.41. The van der Waals surface area contributed by atoms with Crippen molar-refractivity contribution < 1.29 is 4.79 Å². The van der Waals surface area contributed by atoms with Gasteiger partial charge in [0.1, 0.15) is 0 Å². The summed E-state index contributed by atoms with van der Waals surface area (Å²) in [6, 6.07) is 4.93. The van der Waals surface area contributed by atoms with Gasteiger partial charge in [0, 0.05) is 4.47 Å². The van der Waals surface area contributed by atoms with E-state index in [4.69, 9.17) is 11.6 Å². The van der Waals surface area contributed by atoms with Crippen molar-refractivity contribution in [3.63, 3.8) is 0 Å². The second-order valence-corrected chi connectivity index (χ2v) is 3.64. The summed E-state index contributed by atoms with van der Waals surface area (Å²) in [5, 5.41) is 2.35. The molecule has 0 aromatic heterocycles. The van der Waals surface area contributed by atoms with E-state index < -0.39 is 5.91 Å². The Kier molecular flexibility index (Phi) is 3.75. The Morgan fingerprint density at radius 1 is 1.62 bits per heavy atom. The van der Waals surface area contributed by atoms with Crippen LogP contribution in [0.3, 0.4) is 0 Å². The summed E-state index contributed by atoms with van der Waals surface area (Å²) in [5.41, 5.74) is 0.313. The molecule has 0 saturated heterocycles. The summed E-state index contributed by atoms with van der Waals surface area (Å²) >= 11 is 13.3. The predicted octanol–water partition coefficient (Wildman–Crippen LogP) is 3.35. The molecule has 0 N–H and O–H groups in total. The van der Waals surface area contributed by atoms with Crippen LogP contribution in [-0.2, 0) is 0 Å². The van der Waals surface area contributed by atoms with Crippen LogP contribution >= 0.6 is 39.7 Å². The molecule has 0 aliphatic heterocycles. The lowest BCUT2D eigenvalue weighted by molar-refractivity contribution is 0.100. The molecule has 13 heavy (non-hydrogen) atoms. The van der Waals surface area contributed by atoms with Gasteiger partial charge in [-0.15, -0.1) is 0 Å². The Balaban J connectivity index is 3.20. The van der Waals surface area contributed by atoms with E-state index in [-0.39, 0.29) is 0 Å². The average molecular weight is 277 g/mol. The highest BCUT2D eigenvalue weighted by Gasteiger charge is 2.08. The molecule has 0 fully saturated rings. The van der Waals surface area contributed by atoms with Crippen LogP contribution in [0.4, 0.5) is 0 Å². The monoisotopic (exact) mass is 275 g/mol. The highest BCUT2D eigenvalue weighted by molar-refractivity contribution is 9.10. The number of aliphatic imine (C=N–C) groups is 1. The number of thiocarbonyl (C=S) groups is 1. The first-order chi connectivity index (χ1) is 6.15. The van der Waals surface area contributed by atoms with Crippen LogP contribution in [0.5, 0.6) is 0 Å². The molecular formula is C8H3BrClNOS. The normalized spacial score (nSPS) is 9.08. The lowest BCUT2D eigenvalue weighted by Gasteiger charge is -1.98. The number of isothiocyanates is 1. The van der Waals surface area contributed by atoms with E-state index in [0.29, 0.717) is 10.6 Å². The molecule has 1 rings (SSSR count). The van der Waals surface area contributed by atoms with Crippen LogP contribution in [-0.4, -0.2) is 11.1 Å². The van der Waals surface area contributed by atoms with Gasteiger partial charge in [0.05, 0.1) is 15.7 Å². The predicted molar refractivity (Wildman–Crippen MR) is 58.5 cm³/mol. The van der Waals surface area contributed by atoms with E-state index in [0.717, 1.165) is 4.47 Å². The van der Waals surface area contributed by atoms with Crippen molar-refractivity contribution in [2.24, 2.45) is 4.99 Å². The number of benzene rings is 1. The molecule has 0 aliphatic carbocycles. The van der Waals surface area contributed by atoms with Gasteiger partial charge in [-0.25, -0.2) is 0 Å². The Labute approximate surface area is 93.7 Å². The third-order valence-corrected chi connectivity index (χ3v) is 2.22. The maximum Gasteiger partial charge on any atom is 0.287 e. The molecule has 2 nitrogen and oxygen atoms in total. The van der Waals surface area contributed by atoms with E-state index in [1.165, 1.54) is 0 Å². The average Bonchev–Trinajstić information content (AvgIpc) is 2.09. The Bertz CT molecular complexity index is 401. The number of nitrogens with zero attached hydrogens (tertiary/aromatic N) is 1. The minimum absolute atomic E-state index is 0.313. The molecule has 0 bridgehead atoms. The lowest BCUT2D eigenvalue weighted by atomic mass is 10.2. The lowest BCUT2D eigenvalue weighted by Crippen LogP contribution is -1.94. The van der Waals surface area contributed by atoms with Crippen molar-refractivity contribution in [3.8, 4) is 0 Å². The van der Waals surface area contributed by atoms with Gasteiger partial charge >= 0.3 is 0 Å². The molecule has 1 amide bonds. The first-order valence-electron chi connectivity index (χ1n) is 3.22. The van der Waals surface area contributed by atoms with E-state index in [2.05, 4.69) is 33.1 Å². The Morgan fingerprint density at radius 2 is 2.31 bits per heavy atom. The van der Waals surface area contributed by atoms with Crippen molar-refractivity contribution in [1.82, 2.24) is 0 Å². The molecule has 0 atom stereocenters. The number of hydrogen-bond acceptors (Lipinski definition) is 2. The van der Waals surface area contributed by atoms with E-state index in [1.54, 1.807) is 18.2 Å². The number of halogens is 2. The molecule has 0 saturated carbocycles. The maximum atomic E-state index is 11.2. The molecule has 66 valence electrons. The molecule has 0 spiro atoms. The quantitative estimate of drug-likeness (QED) is 0.581. The SMILES string of the molecule is O=C(N=C=S)c1cc(Br)ccc1Cl. The number of rotatable bonds is 1. The van der Waals surface area contributed by atoms with Crippen LogP contribution in [0.2, 0.25) is 5.02 Å². The third kappa shape index (κ3) is 2.71. The van der Waals surface area contributed by atoms with Gasteiger partial charge in [0.2, 0.25) is 0 Å². The maximum absolute atomic E-state index is 11.2. The summed E-state index contributed by atoms with van der Waals surface area (Å²) < 4.78 is 0.764. The van der Waals surface area contributed by atoms with Crippen LogP contribution in [0.1, 0.15) is 10.4 Å². The highest BCUT2D eigenvalue weighted by atomic mass is 79.9. The molecule has 1 aromatic rings. The number of hydrogen-bond donors (Lipinski definition) is 0. The van der Waals surface area contributed by atoms with E-state index >= 15 is 0 Å². The molecule has 0 unspecified atom stereocenters. The summed E-state index contributed by atoms with van der Waals surface area (Å²) in [6.07, 6.45) is 0. The molecular weight excluding hydrogens is 274 g/mol. The minimum Gasteiger partial charge on any atom is -0.266 e. The van der Waals surface area contributed by atoms with Crippen molar-refractivity contribution in [2.45, 2.75) is 0 Å². The summed E-state index contributed by atoms with van der Waals surface area (Å²) in [4.78, 5) is 14.5. The smallest absolute Gasteiger partial charge is 0.266 e. The molecule has 0 radical (unpaired) electrons. The number of carbonyl (C=O) groups excluding carboxylic acids is 1. The standard InChI is InChI=1S/C8H3BrClNOS/c9-5-1-2-7(10)6(3-5)8(12)11-4-13/h1-3H. The molecule has 1 aromatic carbocycles. The van der Waals surface area contributed by atoms with Gasteiger partial charge in [-0.3, -0.25) is 4.79 Å². The van der Waals surface area contributed by atoms with Gasteiger partial charge in [-0.05, 0) is 30.4 Å². The van der Waals surface area contributed by atoms with Crippen LogP contribution in [0.25, 0.3) is 0 Å². The van der Waals surface area contributed by atoms with Gasteiger partial charge in [0.15, 0.2) is 0 Å². The highest BCUT2D eigenvalue weighted by Crippen LogP contribution is 2.21. The first-order valence-corrected chi connectivity index (χ1v) is 4.80. The number of carbonyl (C=O) groups is 1. The second-order valence-electron chi connectivity index (χ2n) is 2.13. The van der Waals surface area contributed by atoms with Crippen LogP contribution in [0, 0.1) is 0 Å². The molecule has 0 heterocycles. The zero-order chi connectivity index (χ0) is 9.84. The largest absolute Gasteiger partial charge is 0.287 e. The van der Waals surface area contributed by atoms with Crippen molar-refractivity contribution in [1.29, 1.82) is 0 Å². The Morgan fingerprint density at radius 3 is 2.92 bits per heavy atom. The van der Waals surface area contributed by atoms with Crippen molar-refractivity contribution in [2.75, 3.05) is 0 Å². The fraction of sp³-hybridized carbons (Fsp3) is 0. The first kappa shape index (κ1) is 10.5. The van der Waals surface area contributed by atoms with E-state index in [1.807, 2.05) is 5.16 Å². The van der Waals surface area contributed by atoms with Gasteiger partial charge in [0.25, 0.3) is 5.91 Å². The second kappa shape index (κ2) is 4.63. The number of amides is 1. The van der Waals surface area contributed by atoms with Crippen LogP contribution < -0.4 is 0 Å². The zero-order valence-corrected chi connectivity index (χ0v) is 9.41.